The molecule has 0 aliphatic heterocycles. The van der Waals surface area contributed by atoms with Crippen molar-refractivity contribution in [2.75, 3.05) is 13.1 Å². The lowest BCUT2D eigenvalue weighted by Crippen LogP contribution is -2.38. The fraction of sp³-hybridized carbons (Fsp3) is 0.400. The van der Waals surface area contributed by atoms with Crippen molar-refractivity contribution < 1.29 is 9.18 Å². The first kappa shape index (κ1) is 13.6. The fourth-order valence-electron chi connectivity index (χ4n) is 1.97. The molecule has 0 radical (unpaired) electrons. The van der Waals surface area contributed by atoms with Gasteiger partial charge in [-0.2, -0.15) is 0 Å². The molecule has 0 saturated heterocycles. The molecule has 0 bridgehead atoms. The van der Waals surface area contributed by atoms with Crippen LogP contribution < -0.4 is 5.32 Å². The van der Waals surface area contributed by atoms with E-state index in [-0.39, 0.29) is 18.3 Å². The number of amides is 1. The van der Waals surface area contributed by atoms with Gasteiger partial charge in [-0.05, 0) is 30.5 Å². The largest absolute Gasteiger partial charge is 0.344 e. The number of nitrogens with one attached hydrogen (secondary N) is 1. The Hall–Kier alpha value is -1.86. The first-order valence-electron chi connectivity index (χ1n) is 6.37. The number of carbonyl (C=O) groups excluding carboxylic acids is 1. The molecule has 0 heterocycles. The van der Waals surface area contributed by atoms with Gasteiger partial charge in [-0.15, -0.1) is 6.42 Å². The molecule has 19 heavy (non-hydrogen) atoms. The zero-order valence-electron chi connectivity index (χ0n) is 10.7. The van der Waals surface area contributed by atoms with Crippen molar-refractivity contribution in [1.82, 2.24) is 10.2 Å². The highest BCUT2D eigenvalue weighted by molar-refractivity contribution is 5.78. The van der Waals surface area contributed by atoms with Crippen LogP contribution in [0.1, 0.15) is 18.4 Å². The Bertz CT molecular complexity index is 474. The minimum Gasteiger partial charge on any atom is -0.344 e. The Morgan fingerprint density at radius 1 is 1.42 bits per heavy atom. The summed E-state index contributed by atoms with van der Waals surface area (Å²) < 4.78 is 12.8. The van der Waals surface area contributed by atoms with Gasteiger partial charge in [-0.3, -0.25) is 9.69 Å². The van der Waals surface area contributed by atoms with Crippen LogP contribution in [0.3, 0.4) is 0 Å². The van der Waals surface area contributed by atoms with Crippen LogP contribution >= 0.6 is 0 Å². The summed E-state index contributed by atoms with van der Waals surface area (Å²) in [6.45, 7) is 1.26. The Labute approximate surface area is 112 Å². The summed E-state index contributed by atoms with van der Waals surface area (Å²) in [4.78, 5) is 13.8. The molecule has 1 aliphatic rings. The van der Waals surface area contributed by atoms with E-state index in [9.17, 15) is 9.18 Å². The minimum atomic E-state index is -0.242. The third-order valence-electron chi connectivity index (χ3n) is 3.10. The van der Waals surface area contributed by atoms with E-state index in [1.54, 1.807) is 12.1 Å². The van der Waals surface area contributed by atoms with E-state index in [4.69, 9.17) is 6.42 Å². The quantitative estimate of drug-likeness (QED) is 0.787. The molecule has 0 spiro atoms. The van der Waals surface area contributed by atoms with Crippen LogP contribution in [0.2, 0.25) is 0 Å². The summed E-state index contributed by atoms with van der Waals surface area (Å²) in [5, 5.41) is 2.66. The van der Waals surface area contributed by atoms with Crippen LogP contribution in [0, 0.1) is 18.2 Å². The first-order chi connectivity index (χ1) is 9.19. The van der Waals surface area contributed by atoms with Crippen molar-refractivity contribution in [1.29, 1.82) is 0 Å². The maximum Gasteiger partial charge on any atom is 0.234 e. The second-order valence-electron chi connectivity index (χ2n) is 4.74. The number of halogens is 1. The van der Waals surface area contributed by atoms with E-state index >= 15 is 0 Å². The van der Waals surface area contributed by atoms with E-state index in [1.807, 2.05) is 0 Å². The van der Waals surface area contributed by atoms with Gasteiger partial charge in [0, 0.05) is 12.6 Å². The smallest absolute Gasteiger partial charge is 0.234 e. The maximum atomic E-state index is 12.8. The van der Waals surface area contributed by atoms with Gasteiger partial charge in [-0.1, -0.05) is 18.1 Å². The van der Waals surface area contributed by atoms with Gasteiger partial charge >= 0.3 is 0 Å². The standard InChI is InChI=1S/C15H17FN2O/c1-2-9-17-15(19)11-18(14-7-8-14)10-12-3-5-13(16)6-4-12/h1,3-6,14H,7-11H2,(H,17,19). The lowest BCUT2D eigenvalue weighted by atomic mass is 10.2. The van der Waals surface area contributed by atoms with Gasteiger partial charge in [0.05, 0.1) is 13.1 Å². The van der Waals surface area contributed by atoms with Crippen LogP contribution in [0.4, 0.5) is 4.39 Å². The van der Waals surface area contributed by atoms with Crippen molar-refractivity contribution in [3.05, 3.63) is 35.6 Å². The average Bonchev–Trinajstić information content (AvgIpc) is 3.22. The SMILES string of the molecule is C#CCNC(=O)CN(Cc1ccc(F)cc1)C1CC1. The van der Waals surface area contributed by atoms with Gasteiger partial charge in [0.15, 0.2) is 0 Å². The third kappa shape index (κ3) is 4.38. The van der Waals surface area contributed by atoms with Crippen molar-refractivity contribution in [3.63, 3.8) is 0 Å². The Balaban J connectivity index is 1.91. The fourth-order valence-corrected chi connectivity index (χ4v) is 1.97. The zero-order valence-corrected chi connectivity index (χ0v) is 10.7. The van der Waals surface area contributed by atoms with Gasteiger partial charge in [-0.25, -0.2) is 4.39 Å². The molecule has 2 rings (SSSR count). The molecule has 1 aliphatic carbocycles. The molecule has 0 atom stereocenters. The van der Waals surface area contributed by atoms with Crippen LogP contribution in [0.15, 0.2) is 24.3 Å². The van der Waals surface area contributed by atoms with Crippen molar-refractivity contribution >= 4 is 5.91 Å². The number of hydrogen-bond acceptors (Lipinski definition) is 2. The van der Waals surface area contributed by atoms with Gasteiger partial charge in [0.2, 0.25) is 5.91 Å². The Kier molecular flexibility index (Phi) is 4.53. The molecule has 1 amide bonds. The van der Waals surface area contributed by atoms with Gasteiger partial charge < -0.3 is 5.32 Å². The molecule has 1 N–H and O–H groups in total. The van der Waals surface area contributed by atoms with Crippen LogP contribution in [-0.4, -0.2) is 29.9 Å². The molecular formula is C15H17FN2O. The maximum absolute atomic E-state index is 12.8. The highest BCUT2D eigenvalue weighted by Gasteiger charge is 2.30. The van der Waals surface area contributed by atoms with Gasteiger partial charge in [0.1, 0.15) is 5.82 Å². The van der Waals surface area contributed by atoms with Crippen LogP contribution in [-0.2, 0) is 11.3 Å². The average molecular weight is 260 g/mol. The normalized spacial score (nSPS) is 14.2. The van der Waals surface area contributed by atoms with Crippen LogP contribution in [0.5, 0.6) is 0 Å². The number of benzene rings is 1. The van der Waals surface area contributed by atoms with E-state index in [0.717, 1.165) is 18.4 Å². The summed E-state index contributed by atoms with van der Waals surface area (Å²) in [5.41, 5.74) is 1.01. The summed E-state index contributed by atoms with van der Waals surface area (Å²) >= 11 is 0. The number of rotatable bonds is 6. The van der Waals surface area contributed by atoms with E-state index < -0.39 is 0 Å². The monoisotopic (exact) mass is 260 g/mol. The lowest BCUT2D eigenvalue weighted by molar-refractivity contribution is -0.122. The lowest BCUT2D eigenvalue weighted by Gasteiger charge is -2.21. The van der Waals surface area contributed by atoms with Gasteiger partial charge in [0.25, 0.3) is 0 Å². The summed E-state index contributed by atoms with van der Waals surface area (Å²) in [5.74, 6) is 2.08. The Morgan fingerprint density at radius 2 is 2.11 bits per heavy atom. The minimum absolute atomic E-state index is 0.0630. The summed E-state index contributed by atoms with van der Waals surface area (Å²) in [6, 6.07) is 6.85. The van der Waals surface area contributed by atoms with E-state index in [0.29, 0.717) is 19.1 Å². The van der Waals surface area contributed by atoms with Crippen molar-refractivity contribution in [3.8, 4) is 12.3 Å². The molecule has 3 nitrogen and oxygen atoms in total. The van der Waals surface area contributed by atoms with Crippen LogP contribution in [0.25, 0.3) is 0 Å². The molecule has 1 saturated carbocycles. The highest BCUT2D eigenvalue weighted by Crippen LogP contribution is 2.28. The number of nitrogens with zero attached hydrogens (tertiary/aromatic N) is 1. The second kappa shape index (κ2) is 6.35. The summed E-state index contributed by atoms with van der Waals surface area (Å²) in [6.07, 6.45) is 7.33. The van der Waals surface area contributed by atoms with Crippen molar-refractivity contribution in [2.45, 2.75) is 25.4 Å². The molecule has 100 valence electrons. The van der Waals surface area contributed by atoms with E-state index in [2.05, 4.69) is 16.1 Å². The first-order valence-corrected chi connectivity index (χ1v) is 6.37. The van der Waals surface area contributed by atoms with E-state index in [1.165, 1.54) is 12.1 Å². The Morgan fingerprint density at radius 3 is 2.68 bits per heavy atom. The third-order valence-corrected chi connectivity index (χ3v) is 3.10. The molecule has 0 aromatic heterocycles. The zero-order chi connectivity index (χ0) is 13.7. The summed E-state index contributed by atoms with van der Waals surface area (Å²) in [7, 11) is 0. The number of terminal acetylenes is 1. The topological polar surface area (TPSA) is 32.3 Å². The molecule has 4 heteroatoms. The predicted molar refractivity (Wildman–Crippen MR) is 71.7 cm³/mol. The number of carbonyl (C=O) groups is 1. The predicted octanol–water partition coefficient (Wildman–Crippen LogP) is 1.54. The molecule has 1 fully saturated rings. The molecular weight excluding hydrogens is 243 g/mol. The van der Waals surface area contributed by atoms with Crippen molar-refractivity contribution in [2.24, 2.45) is 0 Å². The highest BCUT2D eigenvalue weighted by atomic mass is 19.1. The molecule has 1 aromatic rings. The molecule has 1 aromatic carbocycles. The second-order valence-corrected chi connectivity index (χ2v) is 4.74. The number of hydrogen-bond donors (Lipinski definition) is 1. The molecule has 0 unspecified atom stereocenters.